The Hall–Kier alpha value is -2.86. The van der Waals surface area contributed by atoms with Gasteiger partial charge in [0.25, 0.3) is 0 Å². The van der Waals surface area contributed by atoms with Crippen molar-refractivity contribution < 1.29 is 19.7 Å². The molecule has 4 rings (SSSR count). The normalized spacial score (nSPS) is 20.3. The summed E-state index contributed by atoms with van der Waals surface area (Å²) in [5.74, 6) is 1.42. The maximum Gasteiger partial charge on any atom is 0.134 e. The van der Waals surface area contributed by atoms with E-state index < -0.39 is 24.0 Å². The van der Waals surface area contributed by atoms with Crippen LogP contribution in [0, 0.1) is 0 Å². The highest BCUT2D eigenvalue weighted by molar-refractivity contribution is 5.40. The molecule has 0 fully saturated rings. The molecule has 1 aliphatic heterocycles. The molecule has 0 bridgehead atoms. The maximum absolute atomic E-state index is 11.4. The number of hydrogen-bond donors (Lipinski definition) is 2. The maximum atomic E-state index is 11.4. The number of aliphatic hydroxyl groups excluding tert-OH is 2. The van der Waals surface area contributed by atoms with Gasteiger partial charge in [-0.25, -0.2) is 0 Å². The first kappa shape index (κ1) is 22.3. The molecule has 0 spiro atoms. The summed E-state index contributed by atoms with van der Waals surface area (Å²) in [5, 5.41) is 22.6. The van der Waals surface area contributed by atoms with E-state index in [0.717, 1.165) is 16.9 Å². The highest BCUT2D eigenvalue weighted by Gasteiger charge is 2.46. The Labute approximate surface area is 189 Å². The minimum absolute atomic E-state index is 0.413. The summed E-state index contributed by atoms with van der Waals surface area (Å²) in [7, 11) is 0. The molecule has 1 heterocycles. The molecule has 0 saturated heterocycles. The molecule has 3 atom stereocenters. The lowest BCUT2D eigenvalue weighted by Crippen LogP contribution is -2.54. The molecule has 0 radical (unpaired) electrons. The van der Waals surface area contributed by atoms with Crippen LogP contribution in [0.3, 0.4) is 0 Å². The Balaban J connectivity index is 1.59. The predicted molar refractivity (Wildman–Crippen MR) is 124 cm³/mol. The number of benzene rings is 3. The summed E-state index contributed by atoms with van der Waals surface area (Å²) in [4.78, 5) is 1.91. The van der Waals surface area contributed by atoms with E-state index in [1.807, 2.05) is 105 Å². The Morgan fingerprint density at radius 1 is 1.00 bits per heavy atom. The summed E-state index contributed by atoms with van der Waals surface area (Å²) < 4.78 is 12.0. The highest BCUT2D eigenvalue weighted by atomic mass is 16.5. The number of likely N-dealkylation sites (N-methyl/N-ethyl adjacent to an activating group) is 1. The van der Waals surface area contributed by atoms with Crippen molar-refractivity contribution in [1.82, 2.24) is 4.90 Å². The van der Waals surface area contributed by atoms with E-state index in [-0.39, 0.29) is 0 Å². The van der Waals surface area contributed by atoms with Gasteiger partial charge < -0.3 is 19.7 Å². The van der Waals surface area contributed by atoms with Crippen molar-refractivity contribution in [2.24, 2.45) is 0 Å². The third kappa shape index (κ3) is 4.51. The lowest BCUT2D eigenvalue weighted by Gasteiger charge is -2.47. The van der Waals surface area contributed by atoms with Crippen LogP contribution in [0.4, 0.5) is 0 Å². The smallest absolute Gasteiger partial charge is 0.134 e. The molecular weight excluding hydrogens is 402 g/mol. The fourth-order valence-corrected chi connectivity index (χ4v) is 4.29. The van der Waals surface area contributed by atoms with Gasteiger partial charge in [-0.15, -0.1) is 0 Å². The number of rotatable bonds is 7. The predicted octanol–water partition coefficient (Wildman–Crippen LogP) is 4.85. The molecule has 0 aliphatic carbocycles. The van der Waals surface area contributed by atoms with Gasteiger partial charge in [0.2, 0.25) is 0 Å². The molecular formula is C27H31NO4. The summed E-state index contributed by atoms with van der Waals surface area (Å²) in [6, 6.07) is 24.8. The third-order valence-corrected chi connectivity index (χ3v) is 6.06. The molecule has 168 valence electrons. The van der Waals surface area contributed by atoms with E-state index in [0.29, 0.717) is 24.5 Å². The van der Waals surface area contributed by atoms with Gasteiger partial charge in [0.05, 0.1) is 6.04 Å². The number of ether oxygens (including phenoxy) is 2. The molecule has 0 saturated carbocycles. The van der Waals surface area contributed by atoms with E-state index >= 15 is 0 Å². The minimum Gasteiger partial charge on any atom is -0.489 e. The Morgan fingerprint density at radius 3 is 2.47 bits per heavy atom. The average molecular weight is 434 g/mol. The second-order valence-corrected chi connectivity index (χ2v) is 8.68. The van der Waals surface area contributed by atoms with Gasteiger partial charge in [-0.2, -0.15) is 0 Å². The van der Waals surface area contributed by atoms with E-state index in [2.05, 4.69) is 0 Å². The second-order valence-electron chi connectivity index (χ2n) is 8.68. The fourth-order valence-electron chi connectivity index (χ4n) is 4.29. The molecule has 3 unspecified atom stereocenters. The van der Waals surface area contributed by atoms with E-state index in [1.54, 1.807) is 0 Å². The Bertz CT molecular complexity index is 1040. The van der Waals surface area contributed by atoms with E-state index in [1.165, 1.54) is 0 Å². The van der Waals surface area contributed by atoms with Gasteiger partial charge in [-0.1, -0.05) is 67.6 Å². The number of aliphatic hydroxyl groups is 2. The van der Waals surface area contributed by atoms with Crippen molar-refractivity contribution >= 4 is 0 Å². The van der Waals surface area contributed by atoms with Gasteiger partial charge in [0, 0.05) is 5.56 Å². The molecule has 2 N–H and O–H groups in total. The van der Waals surface area contributed by atoms with Gasteiger partial charge >= 0.3 is 0 Å². The molecule has 5 heteroatoms. The van der Waals surface area contributed by atoms with Crippen LogP contribution >= 0.6 is 0 Å². The van der Waals surface area contributed by atoms with Crippen molar-refractivity contribution in [3.05, 3.63) is 95.6 Å². The topological polar surface area (TPSA) is 62.2 Å². The summed E-state index contributed by atoms with van der Waals surface area (Å²) in [5.41, 5.74) is 1.88. The van der Waals surface area contributed by atoms with Crippen molar-refractivity contribution in [3.8, 4) is 11.5 Å². The molecule has 5 nitrogen and oxygen atoms in total. The summed E-state index contributed by atoms with van der Waals surface area (Å²) in [6.45, 7) is 6.73. The number of fused-ring (bicyclic) bond motifs is 1. The van der Waals surface area contributed by atoms with Gasteiger partial charge in [-0.3, -0.25) is 4.90 Å². The quantitative estimate of drug-likeness (QED) is 0.522. The Kier molecular flexibility index (Phi) is 6.51. The van der Waals surface area contributed by atoms with Crippen LogP contribution in [-0.4, -0.2) is 33.4 Å². The number of hydrogen-bond acceptors (Lipinski definition) is 5. The third-order valence-electron chi connectivity index (χ3n) is 6.06. The minimum atomic E-state index is -0.915. The second kappa shape index (κ2) is 9.33. The SMILES string of the molecule is CCN(C(O)c1cccc(OCc2ccccc2)c1)C1c2ccccc2OC(C)(C)C1O. The Morgan fingerprint density at radius 2 is 1.72 bits per heavy atom. The molecule has 1 aliphatic rings. The molecule has 3 aromatic carbocycles. The van der Waals surface area contributed by atoms with Crippen LogP contribution in [0.25, 0.3) is 0 Å². The summed E-state index contributed by atoms with van der Waals surface area (Å²) in [6.07, 6.45) is -1.73. The van der Waals surface area contributed by atoms with Crippen molar-refractivity contribution in [2.45, 2.75) is 51.4 Å². The van der Waals surface area contributed by atoms with E-state index in [4.69, 9.17) is 9.47 Å². The number of para-hydroxylation sites is 1. The van der Waals surface area contributed by atoms with Crippen LogP contribution in [-0.2, 0) is 6.61 Å². The first-order valence-electron chi connectivity index (χ1n) is 11.1. The van der Waals surface area contributed by atoms with Crippen LogP contribution in [0.2, 0.25) is 0 Å². The molecule has 0 aromatic heterocycles. The zero-order valence-corrected chi connectivity index (χ0v) is 18.8. The lowest BCUT2D eigenvalue weighted by atomic mass is 9.85. The average Bonchev–Trinajstić information content (AvgIpc) is 2.81. The highest BCUT2D eigenvalue weighted by Crippen LogP contribution is 2.44. The van der Waals surface area contributed by atoms with Gasteiger partial charge in [-0.05, 0) is 49.7 Å². The van der Waals surface area contributed by atoms with Crippen LogP contribution < -0.4 is 9.47 Å². The first-order chi connectivity index (χ1) is 15.4. The zero-order chi connectivity index (χ0) is 22.7. The monoisotopic (exact) mass is 433 g/mol. The van der Waals surface area contributed by atoms with Crippen LogP contribution in [0.5, 0.6) is 11.5 Å². The van der Waals surface area contributed by atoms with Crippen molar-refractivity contribution in [3.63, 3.8) is 0 Å². The molecule has 32 heavy (non-hydrogen) atoms. The molecule has 0 amide bonds. The molecule has 3 aromatic rings. The first-order valence-corrected chi connectivity index (χ1v) is 11.1. The van der Waals surface area contributed by atoms with E-state index in [9.17, 15) is 10.2 Å². The van der Waals surface area contributed by atoms with Crippen molar-refractivity contribution in [2.75, 3.05) is 6.54 Å². The number of nitrogens with zero attached hydrogens (tertiary/aromatic N) is 1. The van der Waals surface area contributed by atoms with Crippen molar-refractivity contribution in [1.29, 1.82) is 0 Å². The zero-order valence-electron chi connectivity index (χ0n) is 18.8. The van der Waals surface area contributed by atoms with Gasteiger partial charge in [0.15, 0.2) is 0 Å². The fraction of sp³-hybridized carbons (Fsp3) is 0.333. The van der Waals surface area contributed by atoms with Gasteiger partial charge in [0.1, 0.15) is 36.0 Å². The standard InChI is InChI=1S/C27H31NO4/c1-4-28(24-22-15-8-9-16-23(22)32-27(2,3)25(24)29)26(30)20-13-10-14-21(17-20)31-18-19-11-6-5-7-12-19/h5-17,24-26,29-30H,4,18H2,1-3H3. The largest absolute Gasteiger partial charge is 0.489 e. The van der Waals surface area contributed by atoms with Crippen LogP contribution in [0.15, 0.2) is 78.9 Å². The lowest BCUT2D eigenvalue weighted by molar-refractivity contribution is -0.130. The van der Waals surface area contributed by atoms with Crippen LogP contribution in [0.1, 0.15) is 49.7 Å². The summed E-state index contributed by atoms with van der Waals surface area (Å²) >= 11 is 0.